The Labute approximate surface area is 114 Å². The van der Waals surface area contributed by atoms with Gasteiger partial charge < -0.3 is 15.1 Å². The molecule has 0 aromatic carbocycles. The fraction of sp³-hybridized carbons (Fsp3) is 0.636. The molecule has 1 aromatic heterocycles. The average Bonchev–Trinajstić information content (AvgIpc) is 2.93. The lowest BCUT2D eigenvalue weighted by Crippen LogP contribution is -2.40. The Hall–Kier alpha value is -1.54. The predicted molar refractivity (Wildman–Crippen MR) is 67.1 cm³/mol. The van der Waals surface area contributed by atoms with Crippen LogP contribution >= 0.6 is 11.5 Å². The minimum Gasteiger partial charge on any atom is -0.480 e. The number of aliphatic hydroxyl groups excluding tert-OH is 1. The molecule has 1 saturated heterocycles. The van der Waals surface area contributed by atoms with Crippen molar-refractivity contribution in [1.29, 1.82) is 0 Å². The Bertz CT molecular complexity index is 502. The number of hydrogen-bond acceptors (Lipinski definition) is 6. The molecule has 1 aliphatic rings. The maximum absolute atomic E-state index is 12.4. The molecule has 1 aromatic rings. The number of carbonyl (C=O) groups is 2. The molecule has 0 spiro atoms. The molecule has 0 radical (unpaired) electrons. The lowest BCUT2D eigenvalue weighted by molar-refractivity contribution is -0.141. The number of rotatable bonds is 3. The summed E-state index contributed by atoms with van der Waals surface area (Å²) in [6.07, 6.45) is -0.738. The fourth-order valence-corrected chi connectivity index (χ4v) is 2.90. The molecule has 1 amide bonds. The van der Waals surface area contributed by atoms with Crippen LogP contribution in [0.2, 0.25) is 0 Å². The number of aliphatic carboxylic acids is 1. The molecule has 1 unspecified atom stereocenters. The second-order valence-electron chi connectivity index (χ2n) is 4.84. The summed E-state index contributed by atoms with van der Waals surface area (Å²) in [6.45, 7) is 3.81. The van der Waals surface area contributed by atoms with E-state index in [2.05, 4.69) is 9.59 Å². The van der Waals surface area contributed by atoms with Crippen LogP contribution in [0.5, 0.6) is 0 Å². The van der Waals surface area contributed by atoms with Gasteiger partial charge in [-0.15, -0.1) is 5.10 Å². The predicted octanol–water partition coefficient (Wildman–Crippen LogP) is 0.322. The molecular formula is C11H15N3O4S. The van der Waals surface area contributed by atoms with Gasteiger partial charge in [-0.25, -0.2) is 4.79 Å². The van der Waals surface area contributed by atoms with Crippen molar-refractivity contribution in [3.63, 3.8) is 0 Å². The van der Waals surface area contributed by atoms with Gasteiger partial charge in [-0.2, -0.15) is 0 Å². The Morgan fingerprint density at radius 1 is 1.47 bits per heavy atom. The van der Waals surface area contributed by atoms with E-state index in [1.165, 1.54) is 4.90 Å². The summed E-state index contributed by atoms with van der Waals surface area (Å²) < 4.78 is 3.76. The summed E-state index contributed by atoms with van der Waals surface area (Å²) in [7, 11) is 0. The van der Waals surface area contributed by atoms with Crippen LogP contribution in [0.15, 0.2) is 0 Å². The molecule has 0 saturated carbocycles. The molecule has 1 fully saturated rings. The van der Waals surface area contributed by atoms with Crippen molar-refractivity contribution in [1.82, 2.24) is 14.5 Å². The highest BCUT2D eigenvalue weighted by atomic mass is 32.1. The Morgan fingerprint density at radius 3 is 2.74 bits per heavy atom. The molecule has 0 aliphatic carbocycles. The molecule has 2 rings (SSSR count). The molecule has 19 heavy (non-hydrogen) atoms. The van der Waals surface area contributed by atoms with Crippen molar-refractivity contribution >= 4 is 23.4 Å². The van der Waals surface area contributed by atoms with Crippen LogP contribution in [0, 0.1) is 0 Å². The number of amides is 1. The van der Waals surface area contributed by atoms with Crippen molar-refractivity contribution in [2.45, 2.75) is 38.3 Å². The first-order valence-electron chi connectivity index (χ1n) is 5.96. The van der Waals surface area contributed by atoms with Gasteiger partial charge in [0.1, 0.15) is 10.9 Å². The van der Waals surface area contributed by atoms with Crippen LogP contribution in [0.1, 0.15) is 41.6 Å². The van der Waals surface area contributed by atoms with Crippen molar-refractivity contribution < 1.29 is 19.8 Å². The summed E-state index contributed by atoms with van der Waals surface area (Å²) in [5, 5.41) is 22.6. The monoisotopic (exact) mass is 285 g/mol. The second-order valence-corrected chi connectivity index (χ2v) is 5.60. The van der Waals surface area contributed by atoms with Crippen molar-refractivity contribution in [2.24, 2.45) is 0 Å². The molecule has 104 valence electrons. The largest absolute Gasteiger partial charge is 0.480 e. The van der Waals surface area contributed by atoms with E-state index in [-0.39, 0.29) is 18.9 Å². The lowest BCUT2D eigenvalue weighted by atomic mass is 10.1. The molecule has 2 heterocycles. The van der Waals surface area contributed by atoms with E-state index in [0.717, 1.165) is 11.5 Å². The summed E-state index contributed by atoms with van der Waals surface area (Å²) in [6, 6.07) is -0.982. The van der Waals surface area contributed by atoms with Crippen LogP contribution in [0.3, 0.4) is 0 Å². The normalized spacial score (nSPS) is 23.1. The average molecular weight is 285 g/mol. The summed E-state index contributed by atoms with van der Waals surface area (Å²) in [5.41, 5.74) is 0.570. The number of likely N-dealkylation sites (tertiary alicyclic amines) is 1. The second kappa shape index (κ2) is 5.22. The molecule has 7 nitrogen and oxygen atoms in total. The van der Waals surface area contributed by atoms with Crippen LogP contribution in [-0.4, -0.2) is 55.3 Å². The number of aliphatic hydroxyl groups is 1. The summed E-state index contributed by atoms with van der Waals surface area (Å²) in [4.78, 5) is 25.0. The number of hydrogen-bond donors (Lipinski definition) is 2. The van der Waals surface area contributed by atoms with E-state index in [0.29, 0.717) is 10.6 Å². The smallest absolute Gasteiger partial charge is 0.326 e. The van der Waals surface area contributed by atoms with E-state index in [1.807, 2.05) is 13.8 Å². The van der Waals surface area contributed by atoms with Gasteiger partial charge in [0.05, 0.1) is 11.8 Å². The van der Waals surface area contributed by atoms with E-state index in [4.69, 9.17) is 5.11 Å². The van der Waals surface area contributed by atoms with E-state index < -0.39 is 24.0 Å². The van der Waals surface area contributed by atoms with Crippen molar-refractivity contribution in [3.05, 3.63) is 10.6 Å². The topological polar surface area (TPSA) is 104 Å². The highest BCUT2D eigenvalue weighted by Crippen LogP contribution is 2.26. The number of aromatic nitrogens is 2. The minimum absolute atomic E-state index is 0.0330. The van der Waals surface area contributed by atoms with Crippen molar-refractivity contribution in [2.75, 3.05) is 6.54 Å². The first kappa shape index (κ1) is 13.9. The number of β-amino-alcohol motifs (C(OH)–C–C–N with tert-alkyl or cyclic N) is 1. The third-order valence-corrected chi connectivity index (χ3v) is 3.81. The highest BCUT2D eigenvalue weighted by molar-refractivity contribution is 7.08. The zero-order chi connectivity index (χ0) is 14.2. The summed E-state index contributed by atoms with van der Waals surface area (Å²) >= 11 is 0.961. The Kier molecular flexibility index (Phi) is 3.81. The first-order chi connectivity index (χ1) is 8.91. The zero-order valence-corrected chi connectivity index (χ0v) is 11.4. The van der Waals surface area contributed by atoms with Gasteiger partial charge in [-0.05, 0) is 17.5 Å². The minimum atomic E-state index is -1.10. The standard InChI is InChI=1S/C11H15N3O4S/c1-5(2)8-9(19-13-12-8)10(16)14-4-6(15)3-7(14)11(17)18/h5-7,15H,3-4H2,1-2H3,(H,17,18)/t6?,7-/m0/s1. The highest BCUT2D eigenvalue weighted by Gasteiger charge is 2.40. The Balaban J connectivity index is 2.28. The van der Waals surface area contributed by atoms with E-state index in [9.17, 15) is 14.7 Å². The number of carboxylic acids is 1. The third-order valence-electron chi connectivity index (χ3n) is 3.08. The molecule has 2 N–H and O–H groups in total. The number of carboxylic acid groups (broad SMARTS) is 1. The Morgan fingerprint density at radius 2 is 2.16 bits per heavy atom. The van der Waals surface area contributed by atoms with E-state index >= 15 is 0 Å². The maximum atomic E-state index is 12.4. The quantitative estimate of drug-likeness (QED) is 0.829. The van der Waals surface area contributed by atoms with Gasteiger partial charge >= 0.3 is 5.97 Å². The molecule has 0 bridgehead atoms. The number of nitrogens with zero attached hydrogens (tertiary/aromatic N) is 3. The number of carbonyl (C=O) groups excluding carboxylic acids is 1. The SMILES string of the molecule is CC(C)c1nnsc1C(=O)N1CC(O)C[C@H]1C(=O)O. The fourth-order valence-electron chi connectivity index (χ4n) is 2.13. The van der Waals surface area contributed by atoms with Crippen molar-refractivity contribution in [3.8, 4) is 0 Å². The van der Waals surface area contributed by atoms with E-state index in [1.54, 1.807) is 0 Å². The van der Waals surface area contributed by atoms with Crippen LogP contribution < -0.4 is 0 Å². The molecule has 8 heteroatoms. The maximum Gasteiger partial charge on any atom is 0.326 e. The summed E-state index contributed by atoms with van der Waals surface area (Å²) in [5.74, 6) is -1.48. The molecule has 2 atom stereocenters. The molecule has 1 aliphatic heterocycles. The molecular weight excluding hydrogens is 270 g/mol. The lowest BCUT2D eigenvalue weighted by Gasteiger charge is -2.20. The third kappa shape index (κ3) is 2.59. The van der Waals surface area contributed by atoms with Gasteiger partial charge in [0.25, 0.3) is 5.91 Å². The van der Waals surface area contributed by atoms with Gasteiger partial charge in [0.2, 0.25) is 0 Å². The van der Waals surface area contributed by atoms with Gasteiger partial charge in [-0.3, -0.25) is 4.79 Å². The van der Waals surface area contributed by atoms with Crippen LogP contribution in [0.4, 0.5) is 0 Å². The zero-order valence-electron chi connectivity index (χ0n) is 10.6. The first-order valence-corrected chi connectivity index (χ1v) is 6.73. The van der Waals surface area contributed by atoms with Gasteiger partial charge in [0.15, 0.2) is 0 Å². The van der Waals surface area contributed by atoms with Crippen LogP contribution in [0.25, 0.3) is 0 Å². The van der Waals surface area contributed by atoms with Gasteiger partial charge in [0, 0.05) is 13.0 Å². The van der Waals surface area contributed by atoms with Gasteiger partial charge in [-0.1, -0.05) is 18.3 Å². The van der Waals surface area contributed by atoms with Crippen LogP contribution in [-0.2, 0) is 4.79 Å².